The Bertz CT molecular complexity index is 1190. The Morgan fingerprint density at radius 3 is 2.83 bits per heavy atom. The molecule has 0 aliphatic carbocycles. The lowest BCUT2D eigenvalue weighted by Crippen LogP contribution is -2.14. The van der Waals surface area contributed by atoms with E-state index < -0.39 is 0 Å². The van der Waals surface area contributed by atoms with E-state index in [1.54, 1.807) is 24.6 Å². The summed E-state index contributed by atoms with van der Waals surface area (Å²) in [7, 11) is 1.64. The van der Waals surface area contributed by atoms with Crippen LogP contribution in [0, 0.1) is 6.92 Å². The van der Waals surface area contributed by atoms with Crippen LogP contribution in [-0.2, 0) is 6.42 Å². The zero-order valence-corrected chi connectivity index (χ0v) is 17.5. The fourth-order valence-corrected chi connectivity index (χ4v) is 4.54. The van der Waals surface area contributed by atoms with Gasteiger partial charge in [-0.05, 0) is 37.6 Å². The van der Waals surface area contributed by atoms with E-state index in [0.717, 1.165) is 57.9 Å². The Morgan fingerprint density at radius 1 is 1.17 bits per heavy atom. The molecule has 4 heterocycles. The van der Waals surface area contributed by atoms with Gasteiger partial charge in [0.2, 0.25) is 0 Å². The third-order valence-corrected chi connectivity index (χ3v) is 6.08. The van der Waals surface area contributed by atoms with Crippen LogP contribution in [0.25, 0.3) is 16.5 Å². The summed E-state index contributed by atoms with van der Waals surface area (Å²) in [6, 6.07) is 9.86. The normalized spacial score (nSPS) is 13.0. The molecular formula is C21H18ClN5OS. The van der Waals surface area contributed by atoms with E-state index >= 15 is 0 Å². The number of anilines is 2. The summed E-state index contributed by atoms with van der Waals surface area (Å²) in [6.45, 7) is 2.83. The second-order valence-electron chi connectivity index (χ2n) is 6.79. The molecule has 3 aromatic heterocycles. The zero-order chi connectivity index (χ0) is 20.0. The lowest BCUT2D eigenvalue weighted by Gasteiger charge is -2.22. The molecule has 146 valence electrons. The molecule has 0 saturated heterocycles. The first kappa shape index (κ1) is 18.1. The van der Waals surface area contributed by atoms with Crippen LogP contribution in [-0.4, -0.2) is 33.4 Å². The van der Waals surface area contributed by atoms with Crippen molar-refractivity contribution in [3.05, 3.63) is 64.4 Å². The Labute approximate surface area is 177 Å². The van der Waals surface area contributed by atoms with Gasteiger partial charge in [0.25, 0.3) is 0 Å². The highest BCUT2D eigenvalue weighted by Crippen LogP contribution is 2.41. The van der Waals surface area contributed by atoms with Gasteiger partial charge in [0.05, 0.1) is 23.5 Å². The highest BCUT2D eigenvalue weighted by Gasteiger charge is 2.27. The third kappa shape index (κ3) is 3.16. The summed E-state index contributed by atoms with van der Waals surface area (Å²) in [5.74, 6) is 1.60. The maximum Gasteiger partial charge on any atom is 0.158 e. The maximum absolute atomic E-state index is 6.55. The average molecular weight is 424 g/mol. The van der Waals surface area contributed by atoms with Gasteiger partial charge < -0.3 is 9.64 Å². The van der Waals surface area contributed by atoms with Crippen LogP contribution in [0.15, 0.2) is 48.1 Å². The predicted molar refractivity (Wildman–Crippen MR) is 116 cm³/mol. The number of methoxy groups -OCH3 is 1. The molecule has 0 bridgehead atoms. The van der Waals surface area contributed by atoms with Crippen molar-refractivity contribution in [3.63, 3.8) is 0 Å². The van der Waals surface area contributed by atoms with Crippen molar-refractivity contribution >= 4 is 34.3 Å². The smallest absolute Gasteiger partial charge is 0.158 e. The lowest BCUT2D eigenvalue weighted by molar-refractivity contribution is 0.415. The van der Waals surface area contributed by atoms with Crippen LogP contribution in [0.3, 0.4) is 0 Å². The number of fused-ring (bicyclic) bond motifs is 1. The summed E-state index contributed by atoms with van der Waals surface area (Å²) < 4.78 is 7.13. The Hall–Kier alpha value is -2.90. The van der Waals surface area contributed by atoms with E-state index in [1.165, 1.54) is 0 Å². The van der Waals surface area contributed by atoms with Crippen LogP contribution in [0.4, 0.5) is 11.4 Å². The number of aryl methyl sites for hydroxylation is 1. The molecule has 29 heavy (non-hydrogen) atoms. The molecule has 0 radical (unpaired) electrons. The van der Waals surface area contributed by atoms with Crippen molar-refractivity contribution in [3.8, 4) is 22.3 Å². The molecule has 0 spiro atoms. The van der Waals surface area contributed by atoms with E-state index in [4.69, 9.17) is 26.4 Å². The molecule has 0 fully saturated rings. The molecule has 0 N–H and O–H groups in total. The van der Waals surface area contributed by atoms with Crippen LogP contribution in [0.2, 0.25) is 5.02 Å². The predicted octanol–water partition coefficient (Wildman–Crippen LogP) is 5.06. The van der Waals surface area contributed by atoms with Crippen molar-refractivity contribution in [1.29, 1.82) is 0 Å². The third-order valence-electron chi connectivity index (χ3n) is 4.99. The molecule has 5 rings (SSSR count). The molecule has 1 aromatic carbocycles. The van der Waals surface area contributed by atoms with Crippen LogP contribution in [0.5, 0.6) is 5.75 Å². The molecule has 0 amide bonds. The van der Waals surface area contributed by atoms with Gasteiger partial charge in [-0.3, -0.25) is 0 Å². The minimum Gasteiger partial charge on any atom is -0.497 e. The molecule has 0 saturated carbocycles. The van der Waals surface area contributed by atoms with E-state index in [2.05, 4.69) is 16.0 Å². The number of hydrogen-bond donors (Lipinski definition) is 0. The first-order valence-corrected chi connectivity index (χ1v) is 10.5. The van der Waals surface area contributed by atoms with E-state index in [9.17, 15) is 0 Å². The molecule has 1 aliphatic heterocycles. The second-order valence-corrected chi connectivity index (χ2v) is 8.09. The summed E-state index contributed by atoms with van der Waals surface area (Å²) in [4.78, 5) is 11.4. The van der Waals surface area contributed by atoms with Crippen molar-refractivity contribution in [2.75, 3.05) is 18.6 Å². The molecule has 4 aromatic rings. The topological polar surface area (TPSA) is 56.1 Å². The van der Waals surface area contributed by atoms with Crippen LogP contribution in [0.1, 0.15) is 11.3 Å². The number of halogens is 1. The van der Waals surface area contributed by atoms with E-state index in [1.807, 2.05) is 47.4 Å². The van der Waals surface area contributed by atoms with Gasteiger partial charge in [-0.25, -0.2) is 14.6 Å². The molecule has 1 aliphatic rings. The second kappa shape index (κ2) is 7.17. The first-order chi connectivity index (χ1) is 14.1. The maximum atomic E-state index is 6.55. The SMILES string of the molecule is COc1ccc(N2CCc3c2cc(C)nc3-n2ccc(-c3nccs3)n2)c(Cl)c1. The number of benzene rings is 1. The van der Waals surface area contributed by atoms with Crippen LogP contribution < -0.4 is 9.64 Å². The Balaban J connectivity index is 1.57. The van der Waals surface area contributed by atoms with Crippen molar-refractivity contribution in [1.82, 2.24) is 19.7 Å². The first-order valence-electron chi connectivity index (χ1n) is 9.21. The lowest BCUT2D eigenvalue weighted by atomic mass is 10.1. The minimum absolute atomic E-state index is 0.665. The fraction of sp³-hybridized carbons (Fsp3) is 0.190. The highest BCUT2D eigenvalue weighted by molar-refractivity contribution is 7.13. The van der Waals surface area contributed by atoms with Gasteiger partial charge in [0, 0.05) is 41.6 Å². The molecule has 8 heteroatoms. The van der Waals surface area contributed by atoms with Gasteiger partial charge in [-0.1, -0.05) is 11.6 Å². The van der Waals surface area contributed by atoms with Gasteiger partial charge >= 0.3 is 0 Å². The van der Waals surface area contributed by atoms with E-state index in [0.29, 0.717) is 5.02 Å². The van der Waals surface area contributed by atoms with Crippen molar-refractivity contribution < 1.29 is 4.74 Å². The number of nitrogens with zero attached hydrogens (tertiary/aromatic N) is 5. The van der Waals surface area contributed by atoms with Gasteiger partial charge in [-0.15, -0.1) is 11.3 Å². The largest absolute Gasteiger partial charge is 0.497 e. The summed E-state index contributed by atoms with van der Waals surface area (Å²) >= 11 is 8.13. The van der Waals surface area contributed by atoms with E-state index in [-0.39, 0.29) is 0 Å². The summed E-state index contributed by atoms with van der Waals surface area (Å²) in [6.07, 6.45) is 4.60. The molecule has 6 nitrogen and oxygen atoms in total. The standard InChI is InChI=1S/C21H18ClN5OS/c1-13-11-19-15(5-8-26(19)18-4-3-14(28-2)12-16(18)22)20(24-13)27-9-6-17(25-27)21-23-7-10-29-21/h3-4,6-7,9-12H,5,8H2,1-2H3. The average Bonchev–Trinajstić information content (AvgIpc) is 3.47. The fourth-order valence-electron chi connectivity index (χ4n) is 3.67. The molecular weight excluding hydrogens is 406 g/mol. The quantitative estimate of drug-likeness (QED) is 0.459. The molecule has 0 unspecified atom stereocenters. The number of pyridine rings is 1. The monoisotopic (exact) mass is 423 g/mol. The number of hydrogen-bond acceptors (Lipinski definition) is 6. The van der Waals surface area contributed by atoms with Gasteiger partial charge in [0.1, 0.15) is 16.5 Å². The Morgan fingerprint density at radius 2 is 2.07 bits per heavy atom. The number of ether oxygens (including phenoxy) is 1. The zero-order valence-electron chi connectivity index (χ0n) is 16.0. The van der Waals surface area contributed by atoms with Gasteiger partial charge in [-0.2, -0.15) is 5.10 Å². The number of aromatic nitrogens is 4. The van der Waals surface area contributed by atoms with Crippen LogP contribution >= 0.6 is 22.9 Å². The minimum atomic E-state index is 0.665. The van der Waals surface area contributed by atoms with Crippen molar-refractivity contribution in [2.45, 2.75) is 13.3 Å². The summed E-state index contributed by atoms with van der Waals surface area (Å²) in [5, 5.41) is 8.24. The van der Waals surface area contributed by atoms with Crippen molar-refractivity contribution in [2.24, 2.45) is 0 Å². The Kier molecular flexibility index (Phi) is 4.49. The number of rotatable bonds is 4. The number of thiazole rings is 1. The van der Waals surface area contributed by atoms with Gasteiger partial charge in [0.15, 0.2) is 5.82 Å². The highest BCUT2D eigenvalue weighted by atomic mass is 35.5. The summed E-state index contributed by atoms with van der Waals surface area (Å²) in [5.41, 5.74) is 5.03. The molecule has 0 atom stereocenters.